The lowest BCUT2D eigenvalue weighted by Crippen LogP contribution is -2.17. The van der Waals surface area contributed by atoms with Gasteiger partial charge in [-0.25, -0.2) is 10.7 Å². The largest absolute Gasteiger partial charge is 0.388 e. The molecular formula is C27H28BN5O2. The molecule has 2 aromatic carbocycles. The number of carbonyl (C=O) groups is 2. The molecule has 0 bridgehead atoms. The number of carbonyl (C=O) groups excluding carboxylic acids is 2. The number of hydrogen-bond donors (Lipinski definition) is 3. The predicted molar refractivity (Wildman–Crippen MR) is 142 cm³/mol. The number of nitrogens with zero attached hydrogens (tertiary/aromatic N) is 2. The molecule has 1 saturated carbocycles. The van der Waals surface area contributed by atoms with E-state index in [0.29, 0.717) is 40.8 Å². The minimum atomic E-state index is -0.383. The number of hydrogen-bond acceptors (Lipinski definition) is 5. The zero-order valence-corrected chi connectivity index (χ0v) is 20.0. The van der Waals surface area contributed by atoms with E-state index in [1.165, 1.54) is 31.0 Å². The average Bonchev–Trinajstić information content (AvgIpc) is 3.00. The molecule has 7 nitrogen and oxygen atoms in total. The quantitative estimate of drug-likeness (QED) is 0.342. The highest BCUT2D eigenvalue weighted by Gasteiger charge is 2.21. The maximum absolute atomic E-state index is 12.3. The van der Waals surface area contributed by atoms with Gasteiger partial charge in [-0.3, -0.25) is 9.59 Å². The number of anilines is 2. The SMILES string of the molecule is CNc1cc(NC=O)cc2c1/C(=C/C#CCB(C)C#N)C=NNC2=O.c1ccc(C2CCC2)cc1. The number of amides is 2. The first-order valence-electron chi connectivity index (χ1n) is 11.6. The van der Waals surface area contributed by atoms with Crippen LogP contribution in [0.25, 0.3) is 5.57 Å². The second-order valence-electron chi connectivity index (χ2n) is 8.35. The summed E-state index contributed by atoms with van der Waals surface area (Å²) in [6.07, 6.45) is 8.42. The molecule has 2 aromatic rings. The Morgan fingerprint density at radius 2 is 2.03 bits per heavy atom. The Morgan fingerprint density at radius 3 is 2.66 bits per heavy atom. The Balaban J connectivity index is 0.000000281. The maximum atomic E-state index is 12.3. The van der Waals surface area contributed by atoms with E-state index in [1.807, 2.05) is 0 Å². The first-order valence-corrected chi connectivity index (χ1v) is 11.6. The van der Waals surface area contributed by atoms with Gasteiger partial charge >= 0.3 is 0 Å². The molecule has 0 atom stereocenters. The molecule has 3 N–H and O–H groups in total. The molecule has 0 radical (unpaired) electrons. The van der Waals surface area contributed by atoms with Crippen LogP contribution in [0.2, 0.25) is 13.1 Å². The number of nitrogens with one attached hydrogen (secondary N) is 3. The fraction of sp³-hybridized carbons (Fsp3) is 0.259. The van der Waals surface area contributed by atoms with E-state index in [9.17, 15) is 9.59 Å². The number of rotatable bonds is 5. The summed E-state index contributed by atoms with van der Waals surface area (Å²) in [6, 6.07) is 14.1. The highest BCUT2D eigenvalue weighted by atomic mass is 16.2. The van der Waals surface area contributed by atoms with Crippen LogP contribution in [0.4, 0.5) is 11.4 Å². The Labute approximate surface area is 206 Å². The molecule has 0 saturated heterocycles. The zero-order valence-electron chi connectivity index (χ0n) is 20.0. The smallest absolute Gasteiger partial charge is 0.276 e. The van der Waals surface area contributed by atoms with Gasteiger partial charge in [0.05, 0.1) is 11.8 Å². The van der Waals surface area contributed by atoms with Crippen LogP contribution in [0.15, 0.2) is 53.6 Å². The molecule has 0 unspecified atom stereocenters. The number of allylic oxidation sites excluding steroid dienone is 2. The predicted octanol–water partition coefficient (Wildman–Crippen LogP) is 4.55. The van der Waals surface area contributed by atoms with Crippen molar-refractivity contribution >= 4 is 42.2 Å². The third-order valence-corrected chi connectivity index (χ3v) is 5.87. The van der Waals surface area contributed by atoms with E-state index in [2.05, 4.69) is 69.3 Å². The second-order valence-corrected chi connectivity index (χ2v) is 8.35. The Kier molecular flexibility index (Phi) is 9.27. The number of hydrazone groups is 1. The van der Waals surface area contributed by atoms with Crippen LogP contribution in [-0.2, 0) is 4.79 Å². The molecule has 2 amide bonds. The molecule has 1 fully saturated rings. The molecule has 0 aromatic heterocycles. The molecule has 35 heavy (non-hydrogen) atoms. The van der Waals surface area contributed by atoms with Crippen LogP contribution in [0.3, 0.4) is 0 Å². The lowest BCUT2D eigenvalue weighted by molar-refractivity contribution is -0.105. The van der Waals surface area contributed by atoms with Gasteiger partial charge in [-0.1, -0.05) is 49.5 Å². The van der Waals surface area contributed by atoms with Gasteiger partial charge in [0.15, 0.2) is 0 Å². The summed E-state index contributed by atoms with van der Waals surface area (Å²) >= 11 is 0. The van der Waals surface area contributed by atoms with Gasteiger partial charge in [0.1, 0.15) is 0 Å². The maximum Gasteiger partial charge on any atom is 0.276 e. The minimum Gasteiger partial charge on any atom is -0.388 e. The standard InChI is InChI=1S/C17H16BN5O2.C10H12/c1-18(10-19)6-4-3-5-12-9-22-23-17(25)14-7-13(21-11-24)8-15(20-2)16(12)14;1-2-5-9(6-3-1)10-7-4-8-10/h5,7-9,11,20H,6H2,1-2H3,(H,21,24)(H,23,25);1-3,5-6,10H,4,7-8H2/b12-5+;. The first-order chi connectivity index (χ1) is 17.1. The third-order valence-electron chi connectivity index (χ3n) is 5.87. The van der Waals surface area contributed by atoms with Crippen molar-refractivity contribution in [2.75, 3.05) is 17.7 Å². The summed E-state index contributed by atoms with van der Waals surface area (Å²) in [5.41, 5.74) is 6.76. The van der Waals surface area contributed by atoms with Crippen LogP contribution in [0.5, 0.6) is 0 Å². The fourth-order valence-electron chi connectivity index (χ4n) is 3.73. The molecular weight excluding hydrogens is 437 g/mol. The van der Waals surface area contributed by atoms with Crippen LogP contribution < -0.4 is 16.1 Å². The highest BCUT2D eigenvalue weighted by Crippen LogP contribution is 2.35. The van der Waals surface area contributed by atoms with Crippen molar-refractivity contribution in [1.82, 2.24) is 5.43 Å². The summed E-state index contributed by atoms with van der Waals surface area (Å²) < 4.78 is 0. The van der Waals surface area contributed by atoms with Crippen LogP contribution in [-0.4, -0.2) is 32.3 Å². The zero-order chi connectivity index (χ0) is 25.0. The van der Waals surface area contributed by atoms with E-state index in [0.717, 1.165) is 5.92 Å². The summed E-state index contributed by atoms with van der Waals surface area (Å²) in [5, 5.41) is 18.2. The number of fused-ring (bicyclic) bond motifs is 1. The van der Waals surface area contributed by atoms with Crippen molar-refractivity contribution in [2.24, 2.45) is 5.10 Å². The van der Waals surface area contributed by atoms with Gasteiger partial charge in [0, 0.05) is 41.8 Å². The fourth-order valence-corrected chi connectivity index (χ4v) is 3.73. The highest BCUT2D eigenvalue weighted by molar-refractivity contribution is 6.66. The molecule has 1 aliphatic carbocycles. The van der Waals surface area contributed by atoms with E-state index >= 15 is 0 Å². The lowest BCUT2D eigenvalue weighted by Gasteiger charge is -2.25. The minimum absolute atomic E-state index is 0.144. The Bertz CT molecular complexity index is 1220. The van der Waals surface area contributed by atoms with E-state index in [4.69, 9.17) is 5.26 Å². The lowest BCUT2D eigenvalue weighted by atomic mass is 9.52. The third kappa shape index (κ3) is 6.85. The van der Waals surface area contributed by atoms with Crippen molar-refractivity contribution < 1.29 is 9.59 Å². The molecule has 1 heterocycles. The Hall–Kier alpha value is -4.30. The molecule has 2 aliphatic rings. The number of nitriles is 1. The van der Waals surface area contributed by atoms with E-state index in [1.54, 1.807) is 32.1 Å². The molecule has 4 rings (SSSR count). The van der Waals surface area contributed by atoms with Crippen LogP contribution >= 0.6 is 0 Å². The van der Waals surface area contributed by atoms with Gasteiger partial charge in [0.2, 0.25) is 6.41 Å². The van der Waals surface area contributed by atoms with E-state index in [-0.39, 0.29) is 12.6 Å². The van der Waals surface area contributed by atoms with Gasteiger partial charge in [0.25, 0.3) is 12.6 Å². The molecule has 176 valence electrons. The van der Waals surface area contributed by atoms with Crippen molar-refractivity contribution in [1.29, 1.82) is 5.26 Å². The van der Waals surface area contributed by atoms with Crippen molar-refractivity contribution in [3.63, 3.8) is 0 Å². The summed E-state index contributed by atoms with van der Waals surface area (Å²) in [6.45, 7) is 1.65. The monoisotopic (exact) mass is 465 g/mol. The molecule has 1 aliphatic heterocycles. The average molecular weight is 465 g/mol. The summed E-state index contributed by atoms with van der Waals surface area (Å²) in [5.74, 6) is 8.45. The van der Waals surface area contributed by atoms with Crippen LogP contribution in [0, 0.1) is 23.1 Å². The Morgan fingerprint density at radius 1 is 1.26 bits per heavy atom. The van der Waals surface area contributed by atoms with Crippen molar-refractivity contribution in [3.05, 3.63) is 65.2 Å². The van der Waals surface area contributed by atoms with Crippen molar-refractivity contribution in [2.45, 2.75) is 38.3 Å². The van der Waals surface area contributed by atoms with Crippen LogP contribution in [0.1, 0.15) is 46.7 Å². The van der Waals surface area contributed by atoms with E-state index < -0.39 is 0 Å². The number of benzene rings is 2. The topological polar surface area (TPSA) is 106 Å². The van der Waals surface area contributed by atoms with Gasteiger partial charge in [-0.15, -0.1) is 5.92 Å². The normalized spacial score (nSPS) is 14.9. The van der Waals surface area contributed by atoms with Gasteiger partial charge < -0.3 is 10.6 Å². The summed E-state index contributed by atoms with van der Waals surface area (Å²) in [7, 11) is 1.72. The van der Waals surface area contributed by atoms with Gasteiger partial charge in [-0.2, -0.15) is 5.10 Å². The van der Waals surface area contributed by atoms with Crippen molar-refractivity contribution in [3.8, 4) is 17.8 Å². The summed E-state index contributed by atoms with van der Waals surface area (Å²) in [4.78, 5) is 23.0. The molecule has 8 heteroatoms. The molecule has 0 spiro atoms. The first kappa shape index (κ1) is 25.3. The second kappa shape index (κ2) is 12.8. The van der Waals surface area contributed by atoms with Gasteiger partial charge in [-0.05, 0) is 42.5 Å².